The lowest BCUT2D eigenvalue weighted by Crippen LogP contribution is -2.55. The highest BCUT2D eigenvalue weighted by Crippen LogP contribution is 2.15. The number of hydrogen-bond acceptors (Lipinski definition) is 2. The number of benzene rings is 1. The zero-order chi connectivity index (χ0) is 14.5. The first-order valence-electron chi connectivity index (χ1n) is 6.94. The van der Waals surface area contributed by atoms with E-state index in [4.69, 9.17) is 5.73 Å². The number of amides is 1. The topological polar surface area (TPSA) is 55.1 Å². The van der Waals surface area contributed by atoms with Gasteiger partial charge in [0.25, 0.3) is 0 Å². The van der Waals surface area contributed by atoms with Gasteiger partial charge in [-0.1, -0.05) is 38.1 Å². The Labute approximate surface area is 128 Å². The molecule has 0 aliphatic heterocycles. The summed E-state index contributed by atoms with van der Waals surface area (Å²) in [6.07, 6.45) is 1.28. The largest absolute Gasteiger partial charge is 0.349 e. The summed E-state index contributed by atoms with van der Waals surface area (Å²) in [5.74, 6) is 0.393. The van der Waals surface area contributed by atoms with Crippen molar-refractivity contribution in [3.63, 3.8) is 0 Å². The van der Waals surface area contributed by atoms with Crippen molar-refractivity contribution >= 4 is 18.3 Å². The van der Waals surface area contributed by atoms with Gasteiger partial charge in [0, 0.05) is 13.0 Å². The van der Waals surface area contributed by atoms with Gasteiger partial charge in [-0.15, -0.1) is 12.4 Å². The Hall–Kier alpha value is -1.06. The lowest BCUT2D eigenvalue weighted by Gasteiger charge is -2.33. The van der Waals surface area contributed by atoms with E-state index < -0.39 is 0 Å². The van der Waals surface area contributed by atoms with Gasteiger partial charge in [-0.3, -0.25) is 4.79 Å². The van der Waals surface area contributed by atoms with E-state index in [9.17, 15) is 4.79 Å². The first kappa shape index (κ1) is 18.9. The fraction of sp³-hybridized carbons (Fsp3) is 0.562. The molecule has 0 aromatic heterocycles. The normalized spacial score (nSPS) is 13.5. The zero-order valence-corrected chi connectivity index (χ0v) is 13.7. The maximum Gasteiger partial charge on any atom is 0.220 e. The quantitative estimate of drug-likeness (QED) is 0.848. The van der Waals surface area contributed by atoms with Crippen molar-refractivity contribution in [2.45, 2.75) is 46.1 Å². The first-order valence-corrected chi connectivity index (χ1v) is 6.94. The summed E-state index contributed by atoms with van der Waals surface area (Å²) >= 11 is 0. The van der Waals surface area contributed by atoms with E-state index in [0.717, 1.165) is 6.42 Å². The van der Waals surface area contributed by atoms with Gasteiger partial charge in [0.1, 0.15) is 0 Å². The molecule has 0 bridgehead atoms. The van der Waals surface area contributed by atoms with Crippen LogP contribution in [0.5, 0.6) is 0 Å². The van der Waals surface area contributed by atoms with E-state index in [-0.39, 0.29) is 23.9 Å². The molecule has 1 rings (SSSR count). The van der Waals surface area contributed by atoms with Crippen molar-refractivity contribution in [1.29, 1.82) is 0 Å². The summed E-state index contributed by atoms with van der Waals surface area (Å²) in [5, 5.41) is 3.07. The number of aryl methyl sites for hydroxylation is 2. The van der Waals surface area contributed by atoms with Gasteiger partial charge in [0.15, 0.2) is 0 Å². The molecule has 0 saturated carbocycles. The van der Waals surface area contributed by atoms with E-state index in [1.807, 2.05) is 19.1 Å². The van der Waals surface area contributed by atoms with Crippen LogP contribution in [-0.2, 0) is 11.2 Å². The molecule has 0 fully saturated rings. The van der Waals surface area contributed by atoms with Crippen LogP contribution < -0.4 is 11.1 Å². The highest BCUT2D eigenvalue weighted by molar-refractivity contribution is 5.85. The van der Waals surface area contributed by atoms with Crippen molar-refractivity contribution in [2.75, 3.05) is 6.54 Å². The Morgan fingerprint density at radius 3 is 2.45 bits per heavy atom. The molecule has 3 nitrogen and oxygen atoms in total. The van der Waals surface area contributed by atoms with Crippen LogP contribution in [0.1, 0.15) is 38.3 Å². The first-order chi connectivity index (χ1) is 8.89. The van der Waals surface area contributed by atoms with E-state index in [1.165, 1.54) is 11.1 Å². The van der Waals surface area contributed by atoms with Crippen LogP contribution in [0.15, 0.2) is 24.3 Å². The van der Waals surface area contributed by atoms with Crippen molar-refractivity contribution < 1.29 is 4.79 Å². The Bertz CT molecular complexity index is 434. The van der Waals surface area contributed by atoms with Crippen molar-refractivity contribution in [3.05, 3.63) is 35.4 Å². The molecule has 1 aromatic carbocycles. The molecule has 0 heterocycles. The molecule has 114 valence electrons. The lowest BCUT2D eigenvalue weighted by molar-refractivity contribution is -0.123. The van der Waals surface area contributed by atoms with Crippen LogP contribution in [0.25, 0.3) is 0 Å². The van der Waals surface area contributed by atoms with Crippen LogP contribution in [0.3, 0.4) is 0 Å². The average molecular weight is 299 g/mol. The Balaban J connectivity index is 0.00000361. The number of carbonyl (C=O) groups is 1. The molecule has 1 atom stereocenters. The molecular weight excluding hydrogens is 272 g/mol. The van der Waals surface area contributed by atoms with Crippen LogP contribution in [0, 0.1) is 12.8 Å². The summed E-state index contributed by atoms with van der Waals surface area (Å²) in [7, 11) is 0. The number of hydrogen-bond donors (Lipinski definition) is 2. The van der Waals surface area contributed by atoms with Gasteiger partial charge in [0.2, 0.25) is 5.91 Å². The van der Waals surface area contributed by atoms with Gasteiger partial charge in [0.05, 0.1) is 5.54 Å². The highest BCUT2D eigenvalue weighted by Gasteiger charge is 2.28. The Morgan fingerprint density at radius 1 is 1.35 bits per heavy atom. The third kappa shape index (κ3) is 5.14. The summed E-state index contributed by atoms with van der Waals surface area (Å²) < 4.78 is 0. The SMILES string of the molecule is Cc1ccccc1CCC(=O)NC(C)(CN)C(C)C.Cl. The molecule has 0 radical (unpaired) electrons. The minimum atomic E-state index is -0.317. The van der Waals surface area contributed by atoms with E-state index >= 15 is 0 Å². The molecule has 1 aromatic rings. The number of halogens is 1. The fourth-order valence-electron chi connectivity index (χ4n) is 1.95. The molecule has 0 aliphatic rings. The van der Waals surface area contributed by atoms with Crippen molar-refractivity contribution in [3.8, 4) is 0 Å². The van der Waals surface area contributed by atoms with Crippen molar-refractivity contribution in [1.82, 2.24) is 5.32 Å². The predicted octanol–water partition coefficient (Wildman–Crippen LogP) is 2.84. The van der Waals surface area contributed by atoms with Gasteiger partial charge >= 0.3 is 0 Å². The molecule has 4 heteroatoms. The Morgan fingerprint density at radius 2 is 1.95 bits per heavy atom. The average Bonchev–Trinajstić information content (AvgIpc) is 2.37. The second kappa shape index (κ2) is 8.28. The van der Waals surface area contributed by atoms with Gasteiger partial charge < -0.3 is 11.1 Å². The lowest BCUT2D eigenvalue weighted by atomic mass is 9.88. The van der Waals surface area contributed by atoms with Crippen LogP contribution in [0.4, 0.5) is 0 Å². The monoisotopic (exact) mass is 298 g/mol. The summed E-state index contributed by atoms with van der Waals surface area (Å²) in [6.45, 7) is 8.69. The summed E-state index contributed by atoms with van der Waals surface area (Å²) in [5.41, 5.74) is 7.93. The van der Waals surface area contributed by atoms with Gasteiger partial charge in [-0.05, 0) is 37.3 Å². The van der Waals surface area contributed by atoms with E-state index in [2.05, 4.69) is 38.2 Å². The maximum absolute atomic E-state index is 12.0. The van der Waals surface area contributed by atoms with Gasteiger partial charge in [-0.2, -0.15) is 0 Å². The zero-order valence-electron chi connectivity index (χ0n) is 12.9. The second-order valence-corrected chi connectivity index (χ2v) is 5.75. The van der Waals surface area contributed by atoms with Crippen molar-refractivity contribution in [2.24, 2.45) is 11.7 Å². The molecule has 1 unspecified atom stereocenters. The third-order valence-corrected chi connectivity index (χ3v) is 4.01. The number of nitrogens with one attached hydrogen (secondary N) is 1. The highest BCUT2D eigenvalue weighted by atomic mass is 35.5. The third-order valence-electron chi connectivity index (χ3n) is 4.01. The minimum Gasteiger partial charge on any atom is -0.349 e. The molecular formula is C16H27ClN2O. The number of nitrogens with two attached hydrogens (primary N) is 1. The molecule has 0 spiro atoms. The van der Waals surface area contributed by atoms with Gasteiger partial charge in [-0.25, -0.2) is 0 Å². The maximum atomic E-state index is 12.0. The molecule has 1 amide bonds. The number of rotatable bonds is 6. The molecule has 20 heavy (non-hydrogen) atoms. The molecule has 3 N–H and O–H groups in total. The summed E-state index contributed by atoms with van der Waals surface area (Å²) in [6, 6.07) is 8.18. The number of carbonyl (C=O) groups excluding carboxylic acids is 1. The Kier molecular flexibility index (Phi) is 7.84. The molecule has 0 aliphatic carbocycles. The molecule has 0 saturated heterocycles. The predicted molar refractivity (Wildman–Crippen MR) is 87.2 cm³/mol. The smallest absolute Gasteiger partial charge is 0.220 e. The van der Waals surface area contributed by atoms with Crippen LogP contribution >= 0.6 is 12.4 Å². The standard InChI is InChI=1S/C16H26N2O.ClH/c1-12(2)16(4,11-17)18-15(19)10-9-14-8-6-5-7-13(14)3;/h5-8,12H,9-11,17H2,1-4H3,(H,18,19);1H. The minimum absolute atomic E-state index is 0. The van der Waals surface area contributed by atoms with E-state index in [0.29, 0.717) is 18.9 Å². The van der Waals surface area contributed by atoms with Crippen LogP contribution in [-0.4, -0.2) is 18.0 Å². The van der Waals surface area contributed by atoms with Crippen LogP contribution in [0.2, 0.25) is 0 Å². The summed E-state index contributed by atoms with van der Waals surface area (Å²) in [4.78, 5) is 12.0. The fourth-order valence-corrected chi connectivity index (χ4v) is 1.95. The van der Waals surface area contributed by atoms with E-state index in [1.54, 1.807) is 0 Å². The second-order valence-electron chi connectivity index (χ2n) is 5.75.